The molecule has 0 saturated carbocycles. The molecule has 1 amide bonds. The van der Waals surface area contributed by atoms with Gasteiger partial charge in [0.2, 0.25) is 5.91 Å². The molecule has 0 bridgehead atoms. The van der Waals surface area contributed by atoms with E-state index in [0.717, 1.165) is 12.8 Å². The van der Waals surface area contributed by atoms with Gasteiger partial charge in [0.1, 0.15) is 5.15 Å². The number of carbonyl (C=O) groups excluding carboxylic acids is 1. The van der Waals surface area contributed by atoms with E-state index >= 15 is 0 Å². The van der Waals surface area contributed by atoms with Crippen LogP contribution >= 0.6 is 11.6 Å². The number of hydrogen-bond acceptors (Lipinski definition) is 2. The molecule has 0 aromatic carbocycles. The summed E-state index contributed by atoms with van der Waals surface area (Å²) in [6.45, 7) is 3.98. The van der Waals surface area contributed by atoms with E-state index in [0.29, 0.717) is 10.8 Å². The summed E-state index contributed by atoms with van der Waals surface area (Å²) in [5, 5.41) is 3.19. The van der Waals surface area contributed by atoms with Crippen LogP contribution in [0.4, 0.5) is 5.69 Å². The van der Waals surface area contributed by atoms with Crippen molar-refractivity contribution in [2.45, 2.75) is 26.7 Å². The summed E-state index contributed by atoms with van der Waals surface area (Å²) < 4.78 is 0. The monoisotopic (exact) mass is 226 g/mol. The predicted molar refractivity (Wildman–Crippen MR) is 61.9 cm³/mol. The average Bonchev–Trinajstić information content (AvgIpc) is 2.18. The zero-order chi connectivity index (χ0) is 11.3. The number of amides is 1. The Labute approximate surface area is 94.9 Å². The minimum absolute atomic E-state index is 0.0270. The van der Waals surface area contributed by atoms with Gasteiger partial charge in [-0.05, 0) is 18.6 Å². The summed E-state index contributed by atoms with van der Waals surface area (Å²) in [7, 11) is 0. The van der Waals surface area contributed by atoms with E-state index in [4.69, 9.17) is 11.6 Å². The number of pyridine rings is 1. The second-order valence-corrected chi connectivity index (χ2v) is 3.93. The van der Waals surface area contributed by atoms with E-state index in [-0.39, 0.29) is 11.8 Å². The molecular weight excluding hydrogens is 212 g/mol. The fourth-order valence-electron chi connectivity index (χ4n) is 1.31. The lowest BCUT2D eigenvalue weighted by Crippen LogP contribution is -2.20. The van der Waals surface area contributed by atoms with Gasteiger partial charge in [0.15, 0.2) is 0 Å². The topological polar surface area (TPSA) is 42.0 Å². The SMILES string of the molecule is CCCC(C)C(=O)Nc1ccnc(Cl)c1. The first kappa shape index (κ1) is 12.0. The van der Waals surface area contributed by atoms with Crippen molar-refractivity contribution in [3.05, 3.63) is 23.5 Å². The minimum atomic E-state index is 0.0270. The molecule has 0 fully saturated rings. The van der Waals surface area contributed by atoms with E-state index in [1.54, 1.807) is 18.3 Å². The maximum Gasteiger partial charge on any atom is 0.227 e. The highest BCUT2D eigenvalue weighted by atomic mass is 35.5. The fourth-order valence-corrected chi connectivity index (χ4v) is 1.48. The third kappa shape index (κ3) is 3.88. The molecule has 82 valence electrons. The summed E-state index contributed by atoms with van der Waals surface area (Å²) in [4.78, 5) is 15.5. The van der Waals surface area contributed by atoms with E-state index < -0.39 is 0 Å². The molecule has 0 spiro atoms. The molecule has 1 aromatic heterocycles. The van der Waals surface area contributed by atoms with Crippen LogP contribution in [0.3, 0.4) is 0 Å². The van der Waals surface area contributed by atoms with Gasteiger partial charge in [-0.2, -0.15) is 0 Å². The Morgan fingerprint density at radius 1 is 1.67 bits per heavy atom. The highest BCUT2D eigenvalue weighted by Gasteiger charge is 2.11. The highest BCUT2D eigenvalue weighted by Crippen LogP contribution is 2.14. The number of hydrogen-bond donors (Lipinski definition) is 1. The van der Waals surface area contributed by atoms with Crippen molar-refractivity contribution in [3.63, 3.8) is 0 Å². The Morgan fingerprint density at radius 3 is 3.00 bits per heavy atom. The summed E-state index contributed by atoms with van der Waals surface area (Å²) >= 11 is 5.71. The first-order chi connectivity index (χ1) is 7.13. The van der Waals surface area contributed by atoms with Crippen molar-refractivity contribution in [1.29, 1.82) is 0 Å². The largest absolute Gasteiger partial charge is 0.326 e. The molecule has 1 N–H and O–H groups in total. The first-order valence-corrected chi connectivity index (χ1v) is 5.43. The van der Waals surface area contributed by atoms with Gasteiger partial charge in [0, 0.05) is 17.8 Å². The minimum Gasteiger partial charge on any atom is -0.326 e. The Hall–Kier alpha value is -1.09. The standard InChI is InChI=1S/C11H15ClN2O/c1-3-4-8(2)11(15)14-9-5-6-13-10(12)7-9/h5-8H,3-4H2,1-2H3,(H,13,14,15). The van der Waals surface area contributed by atoms with Gasteiger partial charge in [-0.25, -0.2) is 4.98 Å². The molecule has 3 nitrogen and oxygen atoms in total. The molecule has 0 aliphatic rings. The Kier molecular flexibility index (Phi) is 4.56. The van der Waals surface area contributed by atoms with Crippen LogP contribution in [-0.4, -0.2) is 10.9 Å². The summed E-state index contributed by atoms with van der Waals surface area (Å²) in [6.07, 6.45) is 3.47. The Balaban J connectivity index is 2.58. The average molecular weight is 227 g/mol. The van der Waals surface area contributed by atoms with Crippen LogP contribution in [0.5, 0.6) is 0 Å². The molecule has 1 heterocycles. The van der Waals surface area contributed by atoms with Crippen molar-refractivity contribution in [2.75, 3.05) is 5.32 Å². The summed E-state index contributed by atoms with van der Waals surface area (Å²) in [5.41, 5.74) is 0.697. The lowest BCUT2D eigenvalue weighted by molar-refractivity contribution is -0.119. The van der Waals surface area contributed by atoms with Crippen LogP contribution < -0.4 is 5.32 Å². The lowest BCUT2D eigenvalue weighted by atomic mass is 10.1. The molecule has 1 aromatic rings. The van der Waals surface area contributed by atoms with Crippen LogP contribution in [0.2, 0.25) is 5.15 Å². The molecule has 1 unspecified atom stereocenters. The van der Waals surface area contributed by atoms with Crippen LogP contribution in [0.25, 0.3) is 0 Å². The van der Waals surface area contributed by atoms with Gasteiger partial charge in [0.25, 0.3) is 0 Å². The number of rotatable bonds is 4. The van der Waals surface area contributed by atoms with Crippen molar-refractivity contribution >= 4 is 23.2 Å². The molecule has 4 heteroatoms. The lowest BCUT2D eigenvalue weighted by Gasteiger charge is -2.10. The smallest absolute Gasteiger partial charge is 0.227 e. The van der Waals surface area contributed by atoms with Crippen molar-refractivity contribution < 1.29 is 4.79 Å². The van der Waals surface area contributed by atoms with Crippen molar-refractivity contribution in [1.82, 2.24) is 4.98 Å². The third-order valence-electron chi connectivity index (χ3n) is 2.16. The van der Waals surface area contributed by atoms with E-state index in [1.165, 1.54) is 0 Å². The molecule has 1 rings (SSSR count). The van der Waals surface area contributed by atoms with Gasteiger partial charge >= 0.3 is 0 Å². The normalized spacial score (nSPS) is 12.2. The van der Waals surface area contributed by atoms with Gasteiger partial charge < -0.3 is 5.32 Å². The quantitative estimate of drug-likeness (QED) is 0.802. The molecule has 0 saturated heterocycles. The molecule has 15 heavy (non-hydrogen) atoms. The molecule has 1 atom stereocenters. The number of nitrogens with one attached hydrogen (secondary N) is 1. The van der Waals surface area contributed by atoms with Crippen LogP contribution in [0, 0.1) is 5.92 Å². The maximum absolute atomic E-state index is 11.6. The number of halogens is 1. The van der Waals surface area contributed by atoms with E-state index in [2.05, 4.69) is 17.2 Å². The van der Waals surface area contributed by atoms with Crippen LogP contribution in [0.15, 0.2) is 18.3 Å². The van der Waals surface area contributed by atoms with Gasteiger partial charge in [-0.1, -0.05) is 31.9 Å². The second-order valence-electron chi connectivity index (χ2n) is 3.55. The Bertz CT molecular complexity index is 341. The van der Waals surface area contributed by atoms with Gasteiger partial charge in [-0.3, -0.25) is 4.79 Å². The zero-order valence-corrected chi connectivity index (χ0v) is 9.71. The predicted octanol–water partition coefficient (Wildman–Crippen LogP) is 3.11. The molecule has 0 radical (unpaired) electrons. The van der Waals surface area contributed by atoms with Crippen LogP contribution in [-0.2, 0) is 4.79 Å². The highest BCUT2D eigenvalue weighted by molar-refractivity contribution is 6.29. The molecule has 0 aliphatic heterocycles. The summed E-state index contributed by atoms with van der Waals surface area (Å²) in [5.74, 6) is 0.0565. The van der Waals surface area contributed by atoms with Gasteiger partial charge in [-0.15, -0.1) is 0 Å². The maximum atomic E-state index is 11.6. The zero-order valence-electron chi connectivity index (χ0n) is 8.96. The Morgan fingerprint density at radius 2 is 2.40 bits per heavy atom. The summed E-state index contributed by atoms with van der Waals surface area (Å²) in [6, 6.07) is 3.36. The van der Waals surface area contributed by atoms with Crippen molar-refractivity contribution in [3.8, 4) is 0 Å². The van der Waals surface area contributed by atoms with Gasteiger partial charge in [0.05, 0.1) is 0 Å². The third-order valence-corrected chi connectivity index (χ3v) is 2.37. The molecule has 0 aliphatic carbocycles. The number of carbonyl (C=O) groups is 1. The number of anilines is 1. The molecular formula is C11H15ClN2O. The second kappa shape index (κ2) is 5.71. The fraction of sp³-hybridized carbons (Fsp3) is 0.455. The first-order valence-electron chi connectivity index (χ1n) is 5.06. The van der Waals surface area contributed by atoms with Crippen molar-refractivity contribution in [2.24, 2.45) is 5.92 Å². The van der Waals surface area contributed by atoms with Crippen LogP contribution in [0.1, 0.15) is 26.7 Å². The van der Waals surface area contributed by atoms with E-state index in [1.807, 2.05) is 6.92 Å². The number of nitrogens with zero attached hydrogens (tertiary/aromatic N) is 1. The number of aromatic nitrogens is 1. The van der Waals surface area contributed by atoms with E-state index in [9.17, 15) is 4.79 Å².